The van der Waals surface area contributed by atoms with E-state index < -0.39 is 0 Å². The van der Waals surface area contributed by atoms with Gasteiger partial charge in [0.05, 0.1) is 11.4 Å². The van der Waals surface area contributed by atoms with Crippen LogP contribution in [0, 0.1) is 0 Å². The minimum Gasteiger partial charge on any atom is -0.324 e. The van der Waals surface area contributed by atoms with Gasteiger partial charge in [0.25, 0.3) is 0 Å². The Bertz CT molecular complexity index is 443. The molecule has 0 radical (unpaired) electrons. The van der Waals surface area contributed by atoms with Gasteiger partial charge in [-0.05, 0) is 31.0 Å². The molecule has 84 valence electrons. The third-order valence-electron chi connectivity index (χ3n) is 2.44. The summed E-state index contributed by atoms with van der Waals surface area (Å²) in [5.74, 6) is 0.732. The van der Waals surface area contributed by atoms with E-state index in [0.717, 1.165) is 22.6 Å². The lowest BCUT2D eigenvalue weighted by atomic mass is 10.1. The summed E-state index contributed by atoms with van der Waals surface area (Å²) in [5.41, 5.74) is 2.03. The molecule has 1 aliphatic rings. The molecule has 3 nitrogen and oxygen atoms in total. The first-order valence-electron chi connectivity index (χ1n) is 5.20. The largest absolute Gasteiger partial charge is 0.324 e. The zero-order valence-electron chi connectivity index (χ0n) is 9.08. The highest BCUT2D eigenvalue weighted by atomic mass is 32.2. The van der Waals surface area contributed by atoms with Gasteiger partial charge in [-0.15, -0.1) is 11.8 Å². The predicted octanol–water partition coefficient (Wildman–Crippen LogP) is 2.25. The second kappa shape index (κ2) is 4.70. The Hall–Kier alpha value is -1.29. The molecular weight excluding hydrogens is 222 g/mol. The molecule has 0 spiro atoms. The lowest BCUT2D eigenvalue weighted by Gasteiger charge is -2.16. The van der Waals surface area contributed by atoms with Crippen LogP contribution < -0.4 is 5.32 Å². The number of carbonyl (C=O) groups is 2. The molecular formula is C12H13NO2S. The maximum Gasteiger partial charge on any atom is 0.234 e. The fraction of sp³-hybridized carbons (Fsp3) is 0.333. The Morgan fingerprint density at radius 3 is 3.06 bits per heavy atom. The summed E-state index contributed by atoms with van der Waals surface area (Å²) in [4.78, 5) is 23.1. The highest BCUT2D eigenvalue weighted by molar-refractivity contribution is 8.00. The van der Waals surface area contributed by atoms with E-state index in [1.165, 1.54) is 0 Å². The van der Waals surface area contributed by atoms with Crippen LogP contribution in [0.15, 0.2) is 23.1 Å². The molecule has 0 aromatic heterocycles. The van der Waals surface area contributed by atoms with Gasteiger partial charge in [0.15, 0.2) is 0 Å². The Labute approximate surface area is 98.6 Å². The van der Waals surface area contributed by atoms with Crippen LogP contribution in [-0.2, 0) is 16.0 Å². The van der Waals surface area contributed by atoms with E-state index in [1.807, 2.05) is 12.1 Å². The van der Waals surface area contributed by atoms with Crippen molar-refractivity contribution in [3.05, 3.63) is 23.8 Å². The number of hydrogen-bond donors (Lipinski definition) is 1. The predicted molar refractivity (Wildman–Crippen MR) is 64.8 cm³/mol. The fourth-order valence-corrected chi connectivity index (χ4v) is 2.46. The van der Waals surface area contributed by atoms with Crippen molar-refractivity contribution in [2.24, 2.45) is 0 Å². The van der Waals surface area contributed by atoms with E-state index >= 15 is 0 Å². The Kier molecular flexibility index (Phi) is 3.29. The molecule has 0 atom stereocenters. The fourth-order valence-electron chi connectivity index (χ4n) is 1.59. The molecule has 1 amide bonds. The number of aryl methyl sites for hydroxylation is 1. The number of Topliss-reactive ketones (excluding diaryl/α,β-unsaturated/α-hetero) is 1. The van der Waals surface area contributed by atoms with Crippen molar-refractivity contribution >= 4 is 29.1 Å². The number of amides is 1. The molecule has 0 saturated heterocycles. The van der Waals surface area contributed by atoms with Crippen molar-refractivity contribution in [2.45, 2.75) is 24.7 Å². The Balaban J connectivity index is 2.13. The van der Waals surface area contributed by atoms with Gasteiger partial charge in [-0.25, -0.2) is 0 Å². The van der Waals surface area contributed by atoms with E-state index in [2.05, 4.69) is 11.4 Å². The van der Waals surface area contributed by atoms with Gasteiger partial charge in [-0.1, -0.05) is 6.07 Å². The number of fused-ring (bicyclic) bond motifs is 1. The summed E-state index contributed by atoms with van der Waals surface area (Å²) < 4.78 is 0. The molecule has 1 aromatic rings. The Morgan fingerprint density at radius 2 is 2.31 bits per heavy atom. The van der Waals surface area contributed by atoms with Crippen LogP contribution >= 0.6 is 11.8 Å². The molecule has 16 heavy (non-hydrogen) atoms. The molecule has 1 aromatic carbocycles. The van der Waals surface area contributed by atoms with Gasteiger partial charge in [0.2, 0.25) is 5.91 Å². The van der Waals surface area contributed by atoms with Crippen LogP contribution in [0.5, 0.6) is 0 Å². The minimum atomic E-state index is 0.0500. The van der Waals surface area contributed by atoms with Crippen molar-refractivity contribution in [2.75, 3.05) is 11.1 Å². The molecule has 1 heterocycles. The number of ketones is 1. The number of thioether (sulfide) groups is 1. The number of rotatable bonds is 3. The first-order chi connectivity index (χ1) is 7.65. The summed E-state index contributed by atoms with van der Waals surface area (Å²) in [6, 6.07) is 5.94. The van der Waals surface area contributed by atoms with E-state index in [0.29, 0.717) is 12.2 Å². The van der Waals surface area contributed by atoms with Gasteiger partial charge in [0, 0.05) is 11.3 Å². The Morgan fingerprint density at radius 1 is 1.50 bits per heavy atom. The van der Waals surface area contributed by atoms with Crippen LogP contribution in [0.3, 0.4) is 0 Å². The highest BCUT2D eigenvalue weighted by Gasteiger charge is 2.15. The molecule has 1 N–H and O–H groups in total. The quantitative estimate of drug-likeness (QED) is 0.874. The van der Waals surface area contributed by atoms with Gasteiger partial charge >= 0.3 is 0 Å². The maximum absolute atomic E-state index is 11.1. The molecule has 0 unspecified atom stereocenters. The second-order valence-electron chi connectivity index (χ2n) is 3.87. The third kappa shape index (κ3) is 2.64. The van der Waals surface area contributed by atoms with E-state index in [4.69, 9.17) is 0 Å². The van der Waals surface area contributed by atoms with Gasteiger partial charge in [-0.2, -0.15) is 0 Å². The summed E-state index contributed by atoms with van der Waals surface area (Å²) in [6.45, 7) is 1.60. The van der Waals surface area contributed by atoms with Crippen molar-refractivity contribution in [3.8, 4) is 0 Å². The van der Waals surface area contributed by atoms with E-state index in [1.54, 1.807) is 18.7 Å². The van der Waals surface area contributed by atoms with Crippen LogP contribution in [0.25, 0.3) is 0 Å². The number of carbonyl (C=O) groups excluding carboxylic acids is 2. The van der Waals surface area contributed by atoms with Gasteiger partial charge < -0.3 is 10.1 Å². The molecule has 0 fully saturated rings. The number of benzene rings is 1. The highest BCUT2D eigenvalue weighted by Crippen LogP contribution is 2.32. The zero-order valence-corrected chi connectivity index (χ0v) is 9.89. The average molecular weight is 235 g/mol. The molecule has 1 aliphatic heterocycles. The van der Waals surface area contributed by atoms with Gasteiger partial charge in [-0.3, -0.25) is 4.79 Å². The smallest absolute Gasteiger partial charge is 0.234 e. The first kappa shape index (κ1) is 11.2. The van der Waals surface area contributed by atoms with Crippen LogP contribution in [0.4, 0.5) is 5.69 Å². The second-order valence-corrected chi connectivity index (χ2v) is 4.89. The molecule has 0 saturated carbocycles. The molecule has 2 rings (SSSR count). The minimum absolute atomic E-state index is 0.0500. The molecule has 0 bridgehead atoms. The van der Waals surface area contributed by atoms with Crippen LogP contribution in [0.1, 0.15) is 18.9 Å². The lowest BCUT2D eigenvalue weighted by Crippen LogP contribution is -2.18. The van der Waals surface area contributed by atoms with Crippen molar-refractivity contribution < 1.29 is 9.59 Å². The zero-order chi connectivity index (χ0) is 11.5. The number of anilines is 1. The number of nitrogens with one attached hydrogen (secondary N) is 1. The lowest BCUT2D eigenvalue weighted by molar-refractivity contribution is -0.117. The summed E-state index contributed by atoms with van der Waals surface area (Å²) in [5, 5.41) is 2.83. The van der Waals surface area contributed by atoms with E-state index in [-0.39, 0.29) is 11.7 Å². The van der Waals surface area contributed by atoms with Crippen molar-refractivity contribution in [3.63, 3.8) is 0 Å². The molecule has 4 heteroatoms. The topological polar surface area (TPSA) is 46.2 Å². The number of hydrogen-bond acceptors (Lipinski definition) is 3. The first-order valence-corrected chi connectivity index (χ1v) is 6.19. The summed E-state index contributed by atoms with van der Waals surface area (Å²) >= 11 is 1.55. The third-order valence-corrected chi connectivity index (χ3v) is 3.50. The van der Waals surface area contributed by atoms with Crippen LogP contribution in [0.2, 0.25) is 0 Å². The van der Waals surface area contributed by atoms with Gasteiger partial charge in [0.1, 0.15) is 5.78 Å². The molecule has 0 aliphatic carbocycles. The SMILES string of the molecule is CC(=O)CCc1ccc2c(c1)SCC(=O)N2. The van der Waals surface area contributed by atoms with Crippen LogP contribution in [-0.4, -0.2) is 17.4 Å². The normalized spacial score (nSPS) is 14.2. The summed E-state index contributed by atoms with van der Waals surface area (Å²) in [7, 11) is 0. The standard InChI is InChI=1S/C12H13NO2S/c1-8(14)2-3-9-4-5-10-11(6-9)16-7-12(15)13-10/h4-6H,2-3,7H2,1H3,(H,13,15). The maximum atomic E-state index is 11.1. The summed E-state index contributed by atoms with van der Waals surface area (Å²) in [6.07, 6.45) is 1.35. The van der Waals surface area contributed by atoms with Crippen molar-refractivity contribution in [1.29, 1.82) is 0 Å². The monoisotopic (exact) mass is 235 g/mol. The van der Waals surface area contributed by atoms with E-state index in [9.17, 15) is 9.59 Å². The van der Waals surface area contributed by atoms with Crippen molar-refractivity contribution in [1.82, 2.24) is 0 Å². The average Bonchev–Trinajstić information content (AvgIpc) is 2.26.